The highest BCUT2D eigenvalue weighted by atomic mass is 32.2. The van der Waals surface area contributed by atoms with Crippen molar-refractivity contribution in [3.05, 3.63) is 35.4 Å². The van der Waals surface area contributed by atoms with Crippen molar-refractivity contribution in [2.24, 2.45) is 11.7 Å². The van der Waals surface area contributed by atoms with E-state index < -0.39 is 0 Å². The van der Waals surface area contributed by atoms with Crippen LogP contribution in [0, 0.1) is 5.92 Å². The predicted octanol–water partition coefficient (Wildman–Crippen LogP) is 5.12. The van der Waals surface area contributed by atoms with Crippen molar-refractivity contribution in [3.8, 4) is 0 Å². The van der Waals surface area contributed by atoms with Crippen molar-refractivity contribution in [2.45, 2.75) is 63.7 Å². The predicted molar refractivity (Wildman–Crippen MR) is 91.3 cm³/mol. The molecule has 0 bridgehead atoms. The summed E-state index contributed by atoms with van der Waals surface area (Å²) in [5.74, 6) is 2.56. The first-order valence-electron chi connectivity index (χ1n) is 8.03. The zero-order valence-corrected chi connectivity index (χ0v) is 14.0. The third-order valence-electron chi connectivity index (χ3n) is 4.43. The summed E-state index contributed by atoms with van der Waals surface area (Å²) in [5.41, 5.74) is 9.03. The van der Waals surface area contributed by atoms with Crippen LogP contribution in [0.25, 0.3) is 0 Å². The minimum absolute atomic E-state index is 0.179. The van der Waals surface area contributed by atoms with Gasteiger partial charge in [-0.15, -0.1) is 0 Å². The second kappa shape index (κ2) is 7.51. The zero-order chi connectivity index (χ0) is 14.5. The summed E-state index contributed by atoms with van der Waals surface area (Å²) in [5, 5.41) is 0.833. The van der Waals surface area contributed by atoms with Crippen LogP contribution in [0.3, 0.4) is 0 Å². The molecule has 3 unspecified atom stereocenters. The summed E-state index contributed by atoms with van der Waals surface area (Å²) >= 11 is 2.09. The molecule has 0 radical (unpaired) electrons. The van der Waals surface area contributed by atoms with Gasteiger partial charge < -0.3 is 5.73 Å². The molecule has 0 amide bonds. The van der Waals surface area contributed by atoms with E-state index in [1.165, 1.54) is 36.8 Å². The maximum absolute atomic E-state index is 6.35. The van der Waals surface area contributed by atoms with Crippen molar-refractivity contribution >= 4 is 11.8 Å². The van der Waals surface area contributed by atoms with Crippen molar-refractivity contribution in [1.29, 1.82) is 0 Å². The lowest BCUT2D eigenvalue weighted by molar-refractivity contribution is 0.394. The molecular formula is C18H29NS. The van der Waals surface area contributed by atoms with E-state index in [1.807, 2.05) is 0 Å². The van der Waals surface area contributed by atoms with Crippen LogP contribution in [0.1, 0.15) is 69.5 Å². The first-order valence-corrected chi connectivity index (χ1v) is 9.08. The highest BCUT2D eigenvalue weighted by Crippen LogP contribution is 2.33. The summed E-state index contributed by atoms with van der Waals surface area (Å²) in [6.45, 7) is 6.85. The van der Waals surface area contributed by atoms with Gasteiger partial charge in [0.25, 0.3) is 0 Å². The molecule has 0 heterocycles. The molecule has 1 aliphatic carbocycles. The first-order chi connectivity index (χ1) is 9.56. The van der Waals surface area contributed by atoms with Crippen molar-refractivity contribution in [3.63, 3.8) is 0 Å². The number of rotatable bonds is 5. The Morgan fingerprint density at radius 1 is 1.15 bits per heavy atom. The molecule has 1 aromatic rings. The minimum Gasteiger partial charge on any atom is -0.323 e. The van der Waals surface area contributed by atoms with Gasteiger partial charge in [-0.25, -0.2) is 0 Å². The Bertz CT molecular complexity index is 398. The van der Waals surface area contributed by atoms with E-state index in [-0.39, 0.29) is 6.04 Å². The first kappa shape index (κ1) is 15.9. The van der Waals surface area contributed by atoms with Crippen LogP contribution in [0.5, 0.6) is 0 Å². The molecule has 0 aliphatic heterocycles. The Labute approximate surface area is 128 Å². The molecule has 2 rings (SSSR count). The lowest BCUT2D eigenvalue weighted by Gasteiger charge is -2.27. The van der Waals surface area contributed by atoms with Crippen LogP contribution in [-0.2, 0) is 0 Å². The van der Waals surface area contributed by atoms with Crippen LogP contribution in [0.2, 0.25) is 0 Å². The van der Waals surface area contributed by atoms with Crippen molar-refractivity contribution in [1.82, 2.24) is 0 Å². The molecule has 0 saturated heterocycles. The van der Waals surface area contributed by atoms with Gasteiger partial charge in [0.2, 0.25) is 0 Å². The number of nitrogens with two attached hydrogens (primary N) is 1. The average molecular weight is 292 g/mol. The molecule has 1 aromatic carbocycles. The van der Waals surface area contributed by atoms with Gasteiger partial charge in [0.1, 0.15) is 0 Å². The third kappa shape index (κ3) is 4.53. The van der Waals surface area contributed by atoms with E-state index in [1.54, 1.807) is 0 Å². The van der Waals surface area contributed by atoms with Crippen LogP contribution in [0.15, 0.2) is 24.3 Å². The van der Waals surface area contributed by atoms with Gasteiger partial charge in [0, 0.05) is 17.0 Å². The topological polar surface area (TPSA) is 26.0 Å². The van der Waals surface area contributed by atoms with E-state index in [4.69, 9.17) is 5.73 Å². The summed E-state index contributed by atoms with van der Waals surface area (Å²) in [4.78, 5) is 0. The molecule has 3 atom stereocenters. The second-order valence-corrected chi connectivity index (χ2v) is 7.99. The van der Waals surface area contributed by atoms with Crippen LogP contribution in [0.4, 0.5) is 0 Å². The number of hydrogen-bond acceptors (Lipinski definition) is 2. The molecule has 0 spiro atoms. The van der Waals surface area contributed by atoms with Crippen molar-refractivity contribution in [2.75, 3.05) is 5.75 Å². The average Bonchev–Trinajstić information content (AvgIpc) is 2.45. The summed E-state index contributed by atoms with van der Waals surface area (Å²) in [6.07, 6.45) is 5.58. The SMILES string of the molecule is CC1CCCC(SCC(N)c2ccc(C(C)C)cc2)C1. The molecule has 0 aromatic heterocycles. The quantitative estimate of drug-likeness (QED) is 0.814. The largest absolute Gasteiger partial charge is 0.323 e. The zero-order valence-electron chi connectivity index (χ0n) is 13.1. The van der Waals surface area contributed by atoms with E-state index >= 15 is 0 Å². The summed E-state index contributed by atoms with van der Waals surface area (Å²) < 4.78 is 0. The number of thioether (sulfide) groups is 1. The monoisotopic (exact) mass is 291 g/mol. The molecule has 20 heavy (non-hydrogen) atoms. The third-order valence-corrected chi connectivity index (χ3v) is 5.88. The molecule has 2 heteroatoms. The Morgan fingerprint density at radius 2 is 1.80 bits per heavy atom. The van der Waals surface area contributed by atoms with Crippen LogP contribution >= 0.6 is 11.8 Å². The van der Waals surface area contributed by atoms with Crippen molar-refractivity contribution < 1.29 is 0 Å². The van der Waals surface area contributed by atoms with E-state index in [9.17, 15) is 0 Å². The summed E-state index contributed by atoms with van der Waals surface area (Å²) in [7, 11) is 0. The molecule has 1 fully saturated rings. The van der Waals surface area contributed by atoms with Crippen LogP contribution < -0.4 is 5.73 Å². The molecular weight excluding hydrogens is 262 g/mol. The highest BCUT2D eigenvalue weighted by molar-refractivity contribution is 7.99. The van der Waals surface area contributed by atoms with Gasteiger partial charge in [-0.2, -0.15) is 11.8 Å². The van der Waals surface area contributed by atoms with E-state index in [0.717, 1.165) is 16.9 Å². The fourth-order valence-electron chi connectivity index (χ4n) is 2.99. The van der Waals surface area contributed by atoms with Gasteiger partial charge in [0.05, 0.1) is 0 Å². The number of benzene rings is 1. The molecule has 112 valence electrons. The Hall–Kier alpha value is -0.470. The lowest BCUT2D eigenvalue weighted by atomic mass is 9.91. The maximum Gasteiger partial charge on any atom is 0.0386 e. The maximum atomic E-state index is 6.35. The Kier molecular flexibility index (Phi) is 5.98. The molecule has 1 saturated carbocycles. The summed E-state index contributed by atoms with van der Waals surface area (Å²) in [6, 6.07) is 9.06. The van der Waals surface area contributed by atoms with E-state index in [2.05, 4.69) is 56.8 Å². The van der Waals surface area contributed by atoms with Gasteiger partial charge in [0.15, 0.2) is 0 Å². The highest BCUT2D eigenvalue weighted by Gasteiger charge is 2.20. The normalized spacial score (nSPS) is 24.9. The lowest BCUT2D eigenvalue weighted by Crippen LogP contribution is -2.19. The standard InChI is InChI=1S/C18H29NS/c1-13(2)15-7-9-16(10-8-15)18(19)12-20-17-6-4-5-14(3)11-17/h7-10,13-14,17-18H,4-6,11-12,19H2,1-3H3. The molecule has 1 aliphatic rings. The van der Waals surface area contributed by atoms with Gasteiger partial charge in [-0.1, -0.05) is 57.9 Å². The van der Waals surface area contributed by atoms with E-state index in [0.29, 0.717) is 5.92 Å². The van der Waals surface area contributed by atoms with Gasteiger partial charge in [-0.05, 0) is 35.8 Å². The Morgan fingerprint density at radius 3 is 2.40 bits per heavy atom. The Balaban J connectivity index is 1.83. The van der Waals surface area contributed by atoms with Crippen LogP contribution in [-0.4, -0.2) is 11.0 Å². The molecule has 1 nitrogen and oxygen atoms in total. The number of hydrogen-bond donors (Lipinski definition) is 1. The minimum atomic E-state index is 0.179. The second-order valence-electron chi connectivity index (χ2n) is 6.65. The van der Waals surface area contributed by atoms with Gasteiger partial charge in [-0.3, -0.25) is 0 Å². The molecule has 2 N–H and O–H groups in total. The fraction of sp³-hybridized carbons (Fsp3) is 0.667. The smallest absolute Gasteiger partial charge is 0.0386 e. The van der Waals surface area contributed by atoms with Gasteiger partial charge >= 0.3 is 0 Å². The fourth-order valence-corrected chi connectivity index (χ4v) is 4.46.